The lowest BCUT2D eigenvalue weighted by Gasteiger charge is -2.18. The first kappa shape index (κ1) is 18.0. The fraction of sp³-hybridized carbons (Fsp3) is 0.350. The molecular formula is C20H25NO3. The maximum atomic E-state index is 11.2. The van der Waals surface area contributed by atoms with E-state index in [0.717, 1.165) is 16.9 Å². The molecule has 24 heavy (non-hydrogen) atoms. The first-order chi connectivity index (χ1) is 11.5. The van der Waals surface area contributed by atoms with E-state index in [2.05, 4.69) is 36.5 Å². The summed E-state index contributed by atoms with van der Waals surface area (Å²) in [6, 6.07) is 15.4. The molecule has 0 fully saturated rings. The highest BCUT2D eigenvalue weighted by atomic mass is 16.5. The summed E-state index contributed by atoms with van der Waals surface area (Å²) in [6.07, 6.45) is 0. The van der Waals surface area contributed by atoms with Crippen molar-refractivity contribution in [1.29, 1.82) is 0 Å². The zero-order chi connectivity index (χ0) is 17.5. The summed E-state index contributed by atoms with van der Waals surface area (Å²) < 4.78 is 5.83. The summed E-state index contributed by atoms with van der Waals surface area (Å²) in [5.41, 5.74) is 3.35. The van der Waals surface area contributed by atoms with E-state index in [1.165, 1.54) is 5.56 Å². The molecule has 0 spiro atoms. The van der Waals surface area contributed by atoms with Crippen LogP contribution in [0, 0.1) is 12.8 Å². The van der Waals surface area contributed by atoms with Crippen LogP contribution in [-0.4, -0.2) is 17.1 Å². The van der Waals surface area contributed by atoms with Crippen LogP contribution in [0.4, 0.5) is 0 Å². The fourth-order valence-corrected chi connectivity index (χ4v) is 2.43. The number of aryl methyl sites for hydroxylation is 1. The van der Waals surface area contributed by atoms with Crippen molar-refractivity contribution in [2.45, 2.75) is 40.0 Å². The van der Waals surface area contributed by atoms with Gasteiger partial charge in [0.15, 0.2) is 0 Å². The Morgan fingerprint density at radius 2 is 1.83 bits per heavy atom. The Morgan fingerprint density at radius 3 is 2.46 bits per heavy atom. The molecule has 128 valence electrons. The molecule has 0 radical (unpaired) electrons. The standard InChI is InChI=1S/C20H25NO3/c1-14(2)19(20(22)23)21-12-17-5-4-6-18(11-17)24-13-16-9-7-15(3)8-10-16/h4-11,14,19,21H,12-13H2,1-3H3,(H,22,23). The van der Waals surface area contributed by atoms with Crippen LogP contribution >= 0.6 is 0 Å². The largest absolute Gasteiger partial charge is 0.489 e. The van der Waals surface area contributed by atoms with E-state index in [4.69, 9.17) is 4.74 Å². The van der Waals surface area contributed by atoms with Gasteiger partial charge in [0.05, 0.1) is 0 Å². The van der Waals surface area contributed by atoms with Crippen LogP contribution in [0.15, 0.2) is 48.5 Å². The van der Waals surface area contributed by atoms with Crippen molar-refractivity contribution in [1.82, 2.24) is 5.32 Å². The van der Waals surface area contributed by atoms with Crippen LogP contribution in [0.25, 0.3) is 0 Å². The third-order valence-corrected chi connectivity index (χ3v) is 3.88. The molecule has 1 unspecified atom stereocenters. The molecule has 1 atom stereocenters. The van der Waals surface area contributed by atoms with Gasteiger partial charge in [0.2, 0.25) is 0 Å². The second-order valence-corrected chi connectivity index (χ2v) is 6.36. The molecule has 0 saturated heterocycles. The highest BCUT2D eigenvalue weighted by molar-refractivity contribution is 5.73. The molecule has 4 nitrogen and oxygen atoms in total. The molecule has 0 bridgehead atoms. The van der Waals surface area contributed by atoms with Gasteiger partial charge in [-0.15, -0.1) is 0 Å². The predicted octanol–water partition coefficient (Wildman–Crippen LogP) is 3.77. The Morgan fingerprint density at radius 1 is 1.12 bits per heavy atom. The van der Waals surface area contributed by atoms with Crippen LogP contribution in [0.5, 0.6) is 5.75 Å². The highest BCUT2D eigenvalue weighted by Gasteiger charge is 2.20. The Labute approximate surface area is 143 Å². The van der Waals surface area contributed by atoms with E-state index in [9.17, 15) is 9.90 Å². The minimum atomic E-state index is -0.822. The number of carboxylic acids is 1. The average Bonchev–Trinajstić information content (AvgIpc) is 2.54. The lowest BCUT2D eigenvalue weighted by molar-refractivity contribution is -0.140. The molecule has 0 aliphatic rings. The molecule has 2 rings (SSSR count). The van der Waals surface area contributed by atoms with E-state index in [1.807, 2.05) is 38.1 Å². The molecule has 0 aliphatic heterocycles. The maximum absolute atomic E-state index is 11.2. The van der Waals surface area contributed by atoms with Crippen LogP contribution < -0.4 is 10.1 Å². The molecule has 2 aromatic carbocycles. The van der Waals surface area contributed by atoms with Crippen LogP contribution in [-0.2, 0) is 17.9 Å². The summed E-state index contributed by atoms with van der Waals surface area (Å²) >= 11 is 0. The van der Waals surface area contributed by atoms with Gasteiger partial charge in [-0.25, -0.2) is 0 Å². The van der Waals surface area contributed by atoms with Gasteiger partial charge in [-0.3, -0.25) is 4.79 Å². The Hall–Kier alpha value is -2.33. The smallest absolute Gasteiger partial charge is 0.320 e. The van der Waals surface area contributed by atoms with Crippen molar-refractivity contribution >= 4 is 5.97 Å². The molecule has 0 saturated carbocycles. The predicted molar refractivity (Wildman–Crippen MR) is 95.1 cm³/mol. The second-order valence-electron chi connectivity index (χ2n) is 6.36. The van der Waals surface area contributed by atoms with Gasteiger partial charge in [0.25, 0.3) is 0 Å². The van der Waals surface area contributed by atoms with Gasteiger partial charge in [-0.1, -0.05) is 55.8 Å². The molecule has 2 N–H and O–H groups in total. The first-order valence-electron chi connectivity index (χ1n) is 8.19. The molecule has 0 aliphatic carbocycles. The van der Waals surface area contributed by atoms with E-state index < -0.39 is 12.0 Å². The highest BCUT2D eigenvalue weighted by Crippen LogP contribution is 2.16. The molecule has 0 amide bonds. The molecule has 4 heteroatoms. The summed E-state index contributed by atoms with van der Waals surface area (Å²) in [5, 5.41) is 12.3. The number of hydrogen-bond acceptors (Lipinski definition) is 3. The van der Waals surface area contributed by atoms with Crippen LogP contribution in [0.3, 0.4) is 0 Å². The third kappa shape index (κ3) is 5.39. The fourth-order valence-electron chi connectivity index (χ4n) is 2.43. The molecule has 2 aromatic rings. The van der Waals surface area contributed by atoms with Gasteiger partial charge >= 0.3 is 5.97 Å². The topological polar surface area (TPSA) is 58.6 Å². The van der Waals surface area contributed by atoms with Crippen LogP contribution in [0.1, 0.15) is 30.5 Å². The summed E-state index contributed by atoms with van der Waals surface area (Å²) in [6.45, 7) is 6.86. The summed E-state index contributed by atoms with van der Waals surface area (Å²) in [4.78, 5) is 11.2. The quantitative estimate of drug-likeness (QED) is 0.775. The van der Waals surface area contributed by atoms with Gasteiger partial charge in [0.1, 0.15) is 18.4 Å². The number of carboxylic acid groups (broad SMARTS) is 1. The average molecular weight is 327 g/mol. The number of benzene rings is 2. The van der Waals surface area contributed by atoms with Crippen molar-refractivity contribution in [3.8, 4) is 5.75 Å². The van der Waals surface area contributed by atoms with E-state index in [0.29, 0.717) is 13.2 Å². The molecule has 0 aromatic heterocycles. The lowest BCUT2D eigenvalue weighted by atomic mass is 10.0. The first-order valence-corrected chi connectivity index (χ1v) is 8.19. The van der Waals surface area contributed by atoms with Crippen molar-refractivity contribution in [2.24, 2.45) is 5.92 Å². The summed E-state index contributed by atoms with van der Waals surface area (Å²) in [7, 11) is 0. The molecular weight excluding hydrogens is 302 g/mol. The Balaban J connectivity index is 1.93. The number of ether oxygens (including phenoxy) is 1. The second kappa shape index (κ2) is 8.50. The Kier molecular flexibility index (Phi) is 6.38. The van der Waals surface area contributed by atoms with Crippen molar-refractivity contribution in [3.63, 3.8) is 0 Å². The van der Waals surface area contributed by atoms with E-state index in [-0.39, 0.29) is 5.92 Å². The zero-order valence-corrected chi connectivity index (χ0v) is 14.5. The third-order valence-electron chi connectivity index (χ3n) is 3.88. The van der Waals surface area contributed by atoms with Crippen molar-refractivity contribution in [2.75, 3.05) is 0 Å². The maximum Gasteiger partial charge on any atom is 0.320 e. The Bertz CT molecular complexity index is 665. The minimum Gasteiger partial charge on any atom is -0.489 e. The van der Waals surface area contributed by atoms with Gasteiger partial charge in [-0.2, -0.15) is 0 Å². The number of carbonyl (C=O) groups is 1. The van der Waals surface area contributed by atoms with E-state index in [1.54, 1.807) is 0 Å². The monoisotopic (exact) mass is 327 g/mol. The number of aliphatic carboxylic acids is 1. The summed E-state index contributed by atoms with van der Waals surface area (Å²) in [5.74, 6) is -0.00783. The zero-order valence-electron chi connectivity index (χ0n) is 14.5. The van der Waals surface area contributed by atoms with Crippen molar-refractivity contribution < 1.29 is 14.6 Å². The normalized spacial score (nSPS) is 12.2. The van der Waals surface area contributed by atoms with E-state index >= 15 is 0 Å². The van der Waals surface area contributed by atoms with Crippen LogP contribution in [0.2, 0.25) is 0 Å². The van der Waals surface area contributed by atoms with Gasteiger partial charge in [0, 0.05) is 6.54 Å². The number of nitrogens with one attached hydrogen (secondary N) is 1. The lowest BCUT2D eigenvalue weighted by Crippen LogP contribution is -2.40. The minimum absolute atomic E-state index is 0.0310. The number of rotatable bonds is 8. The molecule has 0 heterocycles. The SMILES string of the molecule is Cc1ccc(COc2cccc(CNC(C(=O)O)C(C)C)c2)cc1. The number of hydrogen-bond donors (Lipinski definition) is 2. The van der Waals surface area contributed by atoms with Crippen molar-refractivity contribution in [3.05, 3.63) is 65.2 Å². The van der Waals surface area contributed by atoms with Gasteiger partial charge in [-0.05, 0) is 36.1 Å². The van der Waals surface area contributed by atoms with Gasteiger partial charge < -0.3 is 15.2 Å².